The summed E-state index contributed by atoms with van der Waals surface area (Å²) >= 11 is 3.58. The number of methoxy groups -OCH3 is 1. The first kappa shape index (κ1) is 16.3. The van der Waals surface area contributed by atoms with Gasteiger partial charge in [-0.3, -0.25) is 15.6 Å². The van der Waals surface area contributed by atoms with Gasteiger partial charge in [-0.05, 0) is 28.9 Å². The van der Waals surface area contributed by atoms with Gasteiger partial charge in [-0.25, -0.2) is 4.98 Å². The van der Waals surface area contributed by atoms with Crippen LogP contribution in [0.4, 0.5) is 5.95 Å². The lowest BCUT2D eigenvalue weighted by molar-refractivity contribution is -0.121. The fourth-order valence-corrected chi connectivity index (χ4v) is 2.97. The number of hydrogen-bond donors (Lipinski definition) is 2. The van der Waals surface area contributed by atoms with Crippen LogP contribution in [0.5, 0.6) is 5.88 Å². The van der Waals surface area contributed by atoms with E-state index in [4.69, 9.17) is 4.74 Å². The summed E-state index contributed by atoms with van der Waals surface area (Å²) in [5, 5.41) is 1.08. The second-order valence-corrected chi connectivity index (χ2v) is 5.89. The first-order chi connectivity index (χ1) is 11.6. The highest BCUT2D eigenvalue weighted by molar-refractivity contribution is 9.10. The van der Waals surface area contributed by atoms with Gasteiger partial charge in [0.2, 0.25) is 11.8 Å². The van der Waals surface area contributed by atoms with Gasteiger partial charge in [0.05, 0.1) is 7.11 Å². The van der Waals surface area contributed by atoms with Crippen LogP contribution >= 0.6 is 15.9 Å². The molecule has 8 heteroatoms. The number of para-hydroxylation sites is 1. The monoisotopic (exact) mass is 389 g/mol. The number of hydrazine groups is 1. The summed E-state index contributed by atoms with van der Waals surface area (Å²) in [6.07, 6.45) is 1.54. The molecule has 0 saturated carbocycles. The number of carbonyl (C=O) groups excluding carboxylic acids is 1. The SMILES string of the molecule is COc1ccnc(NNC(=O)Cn2c(C)c(Br)c3ccccc32)n1. The Morgan fingerprint density at radius 2 is 2.12 bits per heavy atom. The Hall–Kier alpha value is -2.61. The van der Waals surface area contributed by atoms with Crippen LogP contribution in [0.2, 0.25) is 0 Å². The van der Waals surface area contributed by atoms with E-state index in [0.29, 0.717) is 5.88 Å². The van der Waals surface area contributed by atoms with Crippen LogP contribution < -0.4 is 15.6 Å². The van der Waals surface area contributed by atoms with Crippen molar-refractivity contribution in [1.82, 2.24) is 20.0 Å². The van der Waals surface area contributed by atoms with E-state index in [0.717, 1.165) is 21.1 Å². The first-order valence-electron chi connectivity index (χ1n) is 7.25. The molecule has 2 heterocycles. The van der Waals surface area contributed by atoms with Crippen molar-refractivity contribution in [2.24, 2.45) is 0 Å². The van der Waals surface area contributed by atoms with Gasteiger partial charge in [-0.15, -0.1) is 0 Å². The quantitative estimate of drug-likeness (QED) is 0.655. The predicted molar refractivity (Wildman–Crippen MR) is 94.7 cm³/mol. The molecule has 3 aromatic rings. The van der Waals surface area contributed by atoms with Crippen molar-refractivity contribution >= 4 is 38.7 Å². The Kier molecular flexibility index (Phi) is 4.66. The third-order valence-electron chi connectivity index (χ3n) is 3.61. The largest absolute Gasteiger partial charge is 0.481 e. The molecule has 24 heavy (non-hydrogen) atoms. The van der Waals surface area contributed by atoms with Gasteiger partial charge in [0, 0.05) is 33.3 Å². The second kappa shape index (κ2) is 6.88. The van der Waals surface area contributed by atoms with Gasteiger partial charge >= 0.3 is 0 Å². The van der Waals surface area contributed by atoms with E-state index >= 15 is 0 Å². The van der Waals surface area contributed by atoms with Crippen LogP contribution in [0.15, 0.2) is 41.0 Å². The summed E-state index contributed by atoms with van der Waals surface area (Å²) in [6, 6.07) is 9.55. The molecule has 0 aliphatic heterocycles. The number of amides is 1. The Balaban J connectivity index is 1.72. The maximum absolute atomic E-state index is 12.2. The highest BCUT2D eigenvalue weighted by Gasteiger charge is 2.14. The third-order valence-corrected chi connectivity index (χ3v) is 4.61. The molecule has 0 bridgehead atoms. The van der Waals surface area contributed by atoms with Gasteiger partial charge in [0.25, 0.3) is 5.91 Å². The lowest BCUT2D eigenvalue weighted by Crippen LogP contribution is -2.33. The first-order valence-corrected chi connectivity index (χ1v) is 8.04. The number of benzene rings is 1. The normalized spacial score (nSPS) is 10.6. The van der Waals surface area contributed by atoms with E-state index in [2.05, 4.69) is 36.7 Å². The van der Waals surface area contributed by atoms with Crippen LogP contribution in [0, 0.1) is 6.92 Å². The zero-order valence-electron chi connectivity index (χ0n) is 13.2. The maximum Gasteiger partial charge on any atom is 0.258 e. The van der Waals surface area contributed by atoms with Crippen molar-refractivity contribution in [2.75, 3.05) is 12.5 Å². The smallest absolute Gasteiger partial charge is 0.258 e. The van der Waals surface area contributed by atoms with E-state index in [-0.39, 0.29) is 18.4 Å². The Morgan fingerprint density at radius 3 is 2.92 bits per heavy atom. The zero-order chi connectivity index (χ0) is 17.1. The van der Waals surface area contributed by atoms with E-state index in [1.54, 1.807) is 12.3 Å². The van der Waals surface area contributed by atoms with Crippen LogP contribution in [0.3, 0.4) is 0 Å². The summed E-state index contributed by atoms with van der Waals surface area (Å²) < 4.78 is 7.95. The molecule has 2 aromatic heterocycles. The summed E-state index contributed by atoms with van der Waals surface area (Å²) in [4.78, 5) is 20.3. The van der Waals surface area contributed by atoms with Crippen LogP contribution in [-0.2, 0) is 11.3 Å². The standard InChI is InChI=1S/C16H16BrN5O2/c1-10-15(17)11-5-3-4-6-12(11)22(10)9-13(23)20-21-16-18-8-7-14(19-16)24-2/h3-8H,9H2,1-2H3,(H,20,23)(H,18,19,21). The minimum absolute atomic E-state index is 0.176. The molecule has 0 radical (unpaired) electrons. The maximum atomic E-state index is 12.2. The molecular formula is C16H16BrN5O2. The predicted octanol–water partition coefficient (Wildman–Crippen LogP) is 2.65. The number of carbonyl (C=O) groups is 1. The number of fused-ring (bicyclic) bond motifs is 1. The number of aromatic nitrogens is 3. The average Bonchev–Trinajstić information content (AvgIpc) is 2.85. The van der Waals surface area contributed by atoms with Crippen molar-refractivity contribution < 1.29 is 9.53 Å². The molecule has 0 aliphatic rings. The van der Waals surface area contributed by atoms with E-state index in [1.807, 2.05) is 35.8 Å². The topological polar surface area (TPSA) is 81.1 Å². The Morgan fingerprint density at radius 1 is 1.33 bits per heavy atom. The van der Waals surface area contributed by atoms with Gasteiger partial charge in [-0.2, -0.15) is 4.98 Å². The minimum Gasteiger partial charge on any atom is -0.481 e. The molecule has 0 spiro atoms. The number of anilines is 1. The van der Waals surface area contributed by atoms with E-state index < -0.39 is 0 Å². The minimum atomic E-state index is -0.210. The lowest BCUT2D eigenvalue weighted by Gasteiger charge is -2.10. The second-order valence-electron chi connectivity index (χ2n) is 5.10. The number of nitrogens with zero attached hydrogens (tertiary/aromatic N) is 3. The number of hydrogen-bond acceptors (Lipinski definition) is 5. The Labute approximate surface area is 147 Å². The molecule has 0 aliphatic carbocycles. The molecule has 124 valence electrons. The Bertz CT molecular complexity index is 893. The van der Waals surface area contributed by atoms with Gasteiger partial charge in [0.1, 0.15) is 6.54 Å². The highest BCUT2D eigenvalue weighted by Crippen LogP contribution is 2.30. The molecule has 2 N–H and O–H groups in total. The van der Waals surface area contributed by atoms with Crippen LogP contribution in [0.25, 0.3) is 10.9 Å². The van der Waals surface area contributed by atoms with Crippen LogP contribution in [-0.4, -0.2) is 27.6 Å². The molecular weight excluding hydrogens is 374 g/mol. The summed E-state index contributed by atoms with van der Waals surface area (Å²) in [5.41, 5.74) is 7.27. The molecule has 3 rings (SSSR count). The molecule has 0 fully saturated rings. The molecule has 1 aromatic carbocycles. The van der Waals surface area contributed by atoms with Gasteiger partial charge in [-0.1, -0.05) is 18.2 Å². The van der Waals surface area contributed by atoms with Crippen LogP contribution in [0.1, 0.15) is 5.69 Å². The van der Waals surface area contributed by atoms with Crippen molar-refractivity contribution in [3.8, 4) is 5.88 Å². The fraction of sp³-hybridized carbons (Fsp3) is 0.188. The molecule has 0 atom stereocenters. The number of rotatable bonds is 5. The van der Waals surface area contributed by atoms with Gasteiger partial charge in [0.15, 0.2) is 0 Å². The number of ether oxygens (including phenoxy) is 1. The summed E-state index contributed by atoms with van der Waals surface area (Å²) in [6.45, 7) is 2.14. The summed E-state index contributed by atoms with van der Waals surface area (Å²) in [7, 11) is 1.52. The lowest BCUT2D eigenvalue weighted by atomic mass is 10.2. The molecule has 0 saturated heterocycles. The van der Waals surface area contributed by atoms with Gasteiger partial charge < -0.3 is 9.30 Å². The third kappa shape index (κ3) is 3.18. The van der Waals surface area contributed by atoms with Crippen molar-refractivity contribution in [3.63, 3.8) is 0 Å². The van der Waals surface area contributed by atoms with Crippen molar-refractivity contribution in [2.45, 2.75) is 13.5 Å². The zero-order valence-corrected chi connectivity index (χ0v) is 14.8. The van der Waals surface area contributed by atoms with E-state index in [1.165, 1.54) is 7.11 Å². The van der Waals surface area contributed by atoms with Crippen molar-refractivity contribution in [3.05, 3.63) is 46.7 Å². The number of halogens is 1. The molecule has 1 amide bonds. The molecule has 7 nitrogen and oxygen atoms in total. The highest BCUT2D eigenvalue weighted by atomic mass is 79.9. The average molecular weight is 390 g/mol. The van der Waals surface area contributed by atoms with E-state index in [9.17, 15) is 4.79 Å². The summed E-state index contributed by atoms with van der Waals surface area (Å²) in [5.74, 6) is 0.466. The fourth-order valence-electron chi connectivity index (χ4n) is 2.42. The van der Waals surface area contributed by atoms with Crippen molar-refractivity contribution in [1.29, 1.82) is 0 Å². The molecule has 0 unspecified atom stereocenters. The number of nitrogens with one attached hydrogen (secondary N) is 2.